The summed E-state index contributed by atoms with van der Waals surface area (Å²) in [5.41, 5.74) is 1.89. The van der Waals surface area contributed by atoms with Crippen LogP contribution in [-0.4, -0.2) is 48.6 Å². The van der Waals surface area contributed by atoms with E-state index in [4.69, 9.17) is 4.74 Å². The van der Waals surface area contributed by atoms with E-state index in [1.54, 1.807) is 4.90 Å². The van der Waals surface area contributed by atoms with E-state index in [0.717, 1.165) is 24.4 Å². The number of carbonyl (C=O) groups excluding carboxylic acids is 1. The maximum Gasteiger partial charge on any atom is 0.229 e. The van der Waals surface area contributed by atoms with E-state index in [1.807, 2.05) is 32.2 Å². The fourth-order valence-corrected chi connectivity index (χ4v) is 2.62. The summed E-state index contributed by atoms with van der Waals surface area (Å²) in [5.74, 6) is 0.0377. The molecule has 1 N–H and O–H groups in total. The summed E-state index contributed by atoms with van der Waals surface area (Å²) in [4.78, 5) is 18.8. The van der Waals surface area contributed by atoms with Crippen LogP contribution in [0.1, 0.15) is 24.7 Å². The van der Waals surface area contributed by atoms with Gasteiger partial charge in [-0.1, -0.05) is 13.0 Å². The van der Waals surface area contributed by atoms with Gasteiger partial charge in [-0.15, -0.1) is 0 Å². The second-order valence-corrected chi connectivity index (χ2v) is 5.67. The van der Waals surface area contributed by atoms with Crippen molar-refractivity contribution in [3.63, 3.8) is 0 Å². The Morgan fingerprint density at radius 2 is 2.29 bits per heavy atom. The van der Waals surface area contributed by atoms with Crippen LogP contribution in [0.15, 0.2) is 18.2 Å². The molecule has 2 rings (SSSR count). The van der Waals surface area contributed by atoms with Crippen molar-refractivity contribution in [2.24, 2.45) is 5.92 Å². The Morgan fingerprint density at radius 3 is 3.00 bits per heavy atom. The molecular weight excluding hydrogens is 266 g/mol. The number of aromatic nitrogens is 1. The van der Waals surface area contributed by atoms with Gasteiger partial charge in [-0.25, -0.2) is 0 Å². The second kappa shape index (κ2) is 7.52. The summed E-state index contributed by atoms with van der Waals surface area (Å²) in [6.07, 6.45) is 1.06. The smallest absolute Gasteiger partial charge is 0.229 e. The lowest BCUT2D eigenvalue weighted by Crippen LogP contribution is -2.44. The molecule has 116 valence electrons. The van der Waals surface area contributed by atoms with Crippen molar-refractivity contribution in [3.05, 3.63) is 29.6 Å². The largest absolute Gasteiger partial charge is 0.379 e. The summed E-state index contributed by atoms with van der Waals surface area (Å²) >= 11 is 0. The normalized spacial score (nSPS) is 21.5. The number of ether oxygens (including phenoxy) is 1. The Morgan fingerprint density at radius 1 is 1.48 bits per heavy atom. The van der Waals surface area contributed by atoms with Gasteiger partial charge in [-0.05, 0) is 32.0 Å². The first-order valence-corrected chi connectivity index (χ1v) is 7.60. The molecule has 1 saturated heterocycles. The highest BCUT2D eigenvalue weighted by Gasteiger charge is 2.35. The van der Waals surface area contributed by atoms with Gasteiger partial charge in [0.2, 0.25) is 5.91 Å². The maximum absolute atomic E-state index is 12.6. The van der Waals surface area contributed by atoms with Gasteiger partial charge in [0.25, 0.3) is 0 Å². The molecule has 2 atom stereocenters. The fourth-order valence-electron chi connectivity index (χ4n) is 2.62. The van der Waals surface area contributed by atoms with Gasteiger partial charge < -0.3 is 15.0 Å². The third-order valence-corrected chi connectivity index (χ3v) is 3.78. The highest BCUT2D eigenvalue weighted by atomic mass is 16.5. The quantitative estimate of drug-likeness (QED) is 0.860. The number of carbonyl (C=O) groups is 1. The van der Waals surface area contributed by atoms with Gasteiger partial charge in [0.1, 0.15) is 0 Å². The molecule has 1 fully saturated rings. The predicted octanol–water partition coefficient (Wildman–Crippen LogP) is 1.36. The number of hydrogen-bond donors (Lipinski definition) is 1. The minimum atomic E-state index is -0.0913. The Hall–Kier alpha value is -1.46. The van der Waals surface area contributed by atoms with Crippen molar-refractivity contribution >= 4 is 5.91 Å². The number of pyridine rings is 1. The monoisotopic (exact) mass is 291 g/mol. The first kappa shape index (κ1) is 15.9. The van der Waals surface area contributed by atoms with Crippen molar-refractivity contribution in [1.82, 2.24) is 15.2 Å². The van der Waals surface area contributed by atoms with E-state index in [-0.39, 0.29) is 17.9 Å². The van der Waals surface area contributed by atoms with Crippen LogP contribution in [0.4, 0.5) is 0 Å². The lowest BCUT2D eigenvalue weighted by Gasteiger charge is -2.24. The van der Waals surface area contributed by atoms with Crippen LogP contribution in [0.5, 0.6) is 0 Å². The molecule has 2 heterocycles. The highest BCUT2D eigenvalue weighted by Crippen LogP contribution is 2.17. The van der Waals surface area contributed by atoms with Crippen LogP contribution in [0.25, 0.3) is 0 Å². The van der Waals surface area contributed by atoms with E-state index >= 15 is 0 Å². The van der Waals surface area contributed by atoms with Crippen LogP contribution in [0.3, 0.4) is 0 Å². The molecule has 0 saturated carbocycles. The van der Waals surface area contributed by atoms with Gasteiger partial charge in [0, 0.05) is 18.8 Å². The van der Waals surface area contributed by atoms with Crippen LogP contribution in [0.2, 0.25) is 0 Å². The number of nitrogens with zero attached hydrogens (tertiary/aromatic N) is 2. The zero-order chi connectivity index (χ0) is 15.2. The lowest BCUT2D eigenvalue weighted by molar-refractivity contribution is -0.135. The molecule has 1 aliphatic rings. The predicted molar refractivity (Wildman–Crippen MR) is 81.8 cm³/mol. The van der Waals surface area contributed by atoms with Crippen molar-refractivity contribution in [2.45, 2.75) is 32.9 Å². The number of aryl methyl sites for hydroxylation is 1. The molecule has 1 amide bonds. The van der Waals surface area contributed by atoms with E-state index in [2.05, 4.69) is 17.2 Å². The second-order valence-electron chi connectivity index (χ2n) is 5.67. The number of rotatable bonds is 6. The van der Waals surface area contributed by atoms with Crippen LogP contribution in [0, 0.1) is 12.8 Å². The molecular formula is C16H25N3O2. The van der Waals surface area contributed by atoms with E-state index in [1.165, 1.54) is 0 Å². The number of nitrogens with one attached hydrogen (secondary N) is 1. The van der Waals surface area contributed by atoms with Crippen molar-refractivity contribution in [1.29, 1.82) is 0 Å². The van der Waals surface area contributed by atoms with Crippen LogP contribution in [-0.2, 0) is 16.1 Å². The third-order valence-electron chi connectivity index (χ3n) is 3.78. The Kier molecular flexibility index (Phi) is 5.70. The summed E-state index contributed by atoms with van der Waals surface area (Å²) in [6, 6.07) is 6.01. The van der Waals surface area contributed by atoms with Crippen LogP contribution >= 0.6 is 0 Å². The Labute approximate surface area is 126 Å². The summed E-state index contributed by atoms with van der Waals surface area (Å²) in [6.45, 7) is 6.66. The van der Waals surface area contributed by atoms with Gasteiger partial charge in [0.05, 0.1) is 31.4 Å². The molecule has 5 heteroatoms. The molecule has 0 spiro atoms. The number of amides is 1. The topological polar surface area (TPSA) is 54.5 Å². The average molecular weight is 291 g/mol. The Balaban J connectivity index is 1.95. The summed E-state index contributed by atoms with van der Waals surface area (Å²) in [5, 5.41) is 3.40. The zero-order valence-corrected chi connectivity index (χ0v) is 13.1. The minimum absolute atomic E-state index is 0.0913. The zero-order valence-electron chi connectivity index (χ0n) is 13.1. The van der Waals surface area contributed by atoms with Crippen molar-refractivity contribution in [2.75, 3.05) is 26.8 Å². The lowest BCUT2D eigenvalue weighted by atomic mass is 10.0. The van der Waals surface area contributed by atoms with Gasteiger partial charge in [-0.2, -0.15) is 0 Å². The molecule has 1 aromatic heterocycles. The fraction of sp³-hybridized carbons (Fsp3) is 0.625. The van der Waals surface area contributed by atoms with Crippen molar-refractivity contribution in [3.8, 4) is 0 Å². The van der Waals surface area contributed by atoms with Gasteiger partial charge in [0.15, 0.2) is 0 Å². The summed E-state index contributed by atoms with van der Waals surface area (Å²) < 4.78 is 5.48. The standard InChI is InChI=1S/C16H25N3O2/c1-4-8-17-15-11-21-10-14(15)16(20)19(3)9-13-7-5-6-12(2)18-13/h5-7,14-15,17H,4,8-11H2,1-3H3. The molecule has 1 aliphatic heterocycles. The molecule has 0 radical (unpaired) electrons. The SMILES string of the molecule is CCCNC1COCC1C(=O)N(C)Cc1cccc(C)n1. The molecule has 0 aromatic carbocycles. The molecule has 2 unspecified atom stereocenters. The van der Waals surface area contributed by atoms with Gasteiger partial charge in [-0.3, -0.25) is 9.78 Å². The molecule has 1 aromatic rings. The molecule has 5 nitrogen and oxygen atoms in total. The van der Waals surface area contributed by atoms with E-state index in [0.29, 0.717) is 19.8 Å². The maximum atomic E-state index is 12.6. The Bertz CT molecular complexity index is 478. The highest BCUT2D eigenvalue weighted by molar-refractivity contribution is 5.79. The first-order chi connectivity index (χ1) is 10.1. The average Bonchev–Trinajstić information content (AvgIpc) is 2.92. The van der Waals surface area contributed by atoms with Crippen molar-refractivity contribution < 1.29 is 9.53 Å². The van der Waals surface area contributed by atoms with E-state index < -0.39 is 0 Å². The minimum Gasteiger partial charge on any atom is -0.379 e. The number of hydrogen-bond acceptors (Lipinski definition) is 4. The summed E-state index contributed by atoms with van der Waals surface area (Å²) in [7, 11) is 1.83. The molecule has 0 bridgehead atoms. The molecule has 0 aliphatic carbocycles. The third kappa shape index (κ3) is 4.25. The first-order valence-electron chi connectivity index (χ1n) is 7.60. The van der Waals surface area contributed by atoms with E-state index in [9.17, 15) is 4.79 Å². The van der Waals surface area contributed by atoms with Gasteiger partial charge >= 0.3 is 0 Å². The molecule has 21 heavy (non-hydrogen) atoms. The van der Waals surface area contributed by atoms with Crippen LogP contribution < -0.4 is 5.32 Å².